The second kappa shape index (κ2) is 8.30. The van der Waals surface area contributed by atoms with Gasteiger partial charge in [0.25, 0.3) is 5.56 Å². The predicted molar refractivity (Wildman–Crippen MR) is 106 cm³/mol. The van der Waals surface area contributed by atoms with Crippen molar-refractivity contribution < 1.29 is 14.3 Å². The van der Waals surface area contributed by atoms with E-state index in [1.165, 1.54) is 21.9 Å². The van der Waals surface area contributed by atoms with Crippen molar-refractivity contribution in [2.24, 2.45) is 5.92 Å². The highest BCUT2D eigenvalue weighted by Gasteiger charge is 2.17. The molecule has 0 radical (unpaired) electrons. The number of nitrogens with one attached hydrogen (secondary N) is 1. The van der Waals surface area contributed by atoms with Crippen LogP contribution in [0.5, 0.6) is 0 Å². The summed E-state index contributed by atoms with van der Waals surface area (Å²) >= 11 is 1.32. The van der Waals surface area contributed by atoms with E-state index in [4.69, 9.17) is 4.74 Å². The number of fused-ring (bicyclic) bond motifs is 1. The number of para-hydroxylation sites is 1. The third kappa shape index (κ3) is 4.25. The minimum absolute atomic E-state index is 0.156. The van der Waals surface area contributed by atoms with Crippen LogP contribution in [-0.2, 0) is 22.6 Å². The molecule has 9 heteroatoms. The van der Waals surface area contributed by atoms with Crippen LogP contribution in [0.3, 0.4) is 0 Å². The zero-order valence-electron chi connectivity index (χ0n) is 15.8. The largest absolute Gasteiger partial charge is 0.456 e. The lowest BCUT2D eigenvalue weighted by Gasteiger charge is -2.12. The van der Waals surface area contributed by atoms with Crippen molar-refractivity contribution in [3.63, 3.8) is 0 Å². The molecule has 0 saturated carbocycles. The summed E-state index contributed by atoms with van der Waals surface area (Å²) in [6.07, 6.45) is 0.705. The van der Waals surface area contributed by atoms with Crippen LogP contribution in [0.2, 0.25) is 0 Å². The molecule has 2 heterocycles. The predicted octanol–water partition coefficient (Wildman–Crippen LogP) is 2.66. The van der Waals surface area contributed by atoms with Gasteiger partial charge in [-0.15, -0.1) is 0 Å². The highest BCUT2D eigenvalue weighted by atomic mass is 32.1. The van der Waals surface area contributed by atoms with Gasteiger partial charge in [-0.25, -0.2) is 9.78 Å². The molecule has 3 rings (SSSR count). The molecule has 1 N–H and O–H groups in total. The zero-order chi connectivity index (χ0) is 20.3. The number of hydrogen-bond acceptors (Lipinski definition) is 7. The summed E-state index contributed by atoms with van der Waals surface area (Å²) in [5, 5.41) is 7.70. The molecular formula is C19H20N4O4S. The van der Waals surface area contributed by atoms with Crippen molar-refractivity contribution in [2.45, 2.75) is 33.8 Å². The van der Waals surface area contributed by atoms with Crippen molar-refractivity contribution in [2.75, 3.05) is 5.32 Å². The lowest BCUT2D eigenvalue weighted by Crippen LogP contribution is -2.20. The summed E-state index contributed by atoms with van der Waals surface area (Å²) in [6, 6.07) is 7.91. The molecule has 0 aliphatic carbocycles. The first kappa shape index (κ1) is 19.7. The Morgan fingerprint density at radius 2 is 2.04 bits per heavy atom. The van der Waals surface area contributed by atoms with Crippen LogP contribution in [0.25, 0.3) is 4.96 Å². The molecule has 1 aromatic carbocycles. The summed E-state index contributed by atoms with van der Waals surface area (Å²) in [6.45, 7) is 5.32. The van der Waals surface area contributed by atoms with E-state index in [9.17, 15) is 14.4 Å². The Hall–Kier alpha value is -3.07. The molecule has 146 valence electrons. The zero-order valence-corrected chi connectivity index (χ0v) is 16.6. The highest BCUT2D eigenvalue weighted by Crippen LogP contribution is 2.18. The number of anilines is 1. The second-order valence-corrected chi connectivity index (χ2v) is 7.44. The maximum Gasteiger partial charge on any atom is 0.340 e. The van der Waals surface area contributed by atoms with Gasteiger partial charge in [-0.2, -0.15) is 9.61 Å². The smallest absolute Gasteiger partial charge is 0.340 e. The standard InChI is InChI=1S/C19H20N4O4S/c1-4-15-22-23-16(24)9-12(20-19(23)28-15)10-27-18(26)13-7-5-6-8-14(13)21-17(25)11(2)3/h5-9,11H,4,10H2,1-3H3,(H,21,25). The number of ether oxygens (including phenoxy) is 1. The van der Waals surface area contributed by atoms with Crippen molar-refractivity contribution in [1.82, 2.24) is 14.6 Å². The van der Waals surface area contributed by atoms with Crippen LogP contribution in [-0.4, -0.2) is 26.5 Å². The average molecular weight is 400 g/mol. The quantitative estimate of drug-likeness (QED) is 0.638. The van der Waals surface area contributed by atoms with Crippen LogP contribution in [0, 0.1) is 5.92 Å². The van der Waals surface area contributed by atoms with E-state index in [0.717, 1.165) is 5.01 Å². The number of carbonyl (C=O) groups is 2. The summed E-state index contributed by atoms with van der Waals surface area (Å²) in [5.74, 6) is -1.03. The lowest BCUT2D eigenvalue weighted by atomic mass is 10.1. The van der Waals surface area contributed by atoms with Crippen molar-refractivity contribution in [3.05, 3.63) is 57.0 Å². The van der Waals surface area contributed by atoms with Gasteiger partial charge in [0, 0.05) is 12.0 Å². The lowest BCUT2D eigenvalue weighted by molar-refractivity contribution is -0.118. The van der Waals surface area contributed by atoms with E-state index >= 15 is 0 Å². The Morgan fingerprint density at radius 1 is 1.29 bits per heavy atom. The van der Waals surface area contributed by atoms with Gasteiger partial charge in [0.1, 0.15) is 11.6 Å². The first-order chi connectivity index (χ1) is 13.4. The maximum atomic E-state index is 12.5. The summed E-state index contributed by atoms with van der Waals surface area (Å²) in [4.78, 5) is 41.4. The number of aryl methyl sites for hydroxylation is 1. The van der Waals surface area contributed by atoms with Crippen molar-refractivity contribution >= 4 is 33.9 Å². The highest BCUT2D eigenvalue weighted by molar-refractivity contribution is 7.16. The third-order valence-corrected chi connectivity index (χ3v) is 4.98. The van der Waals surface area contributed by atoms with Gasteiger partial charge in [0.05, 0.1) is 16.9 Å². The first-order valence-corrected chi connectivity index (χ1v) is 9.66. The van der Waals surface area contributed by atoms with Crippen LogP contribution < -0.4 is 10.9 Å². The maximum absolute atomic E-state index is 12.5. The van der Waals surface area contributed by atoms with E-state index in [1.54, 1.807) is 38.1 Å². The molecule has 0 aliphatic heterocycles. The Bertz CT molecular complexity index is 1090. The molecule has 3 aromatic rings. The molecule has 2 aromatic heterocycles. The van der Waals surface area contributed by atoms with Gasteiger partial charge < -0.3 is 10.1 Å². The van der Waals surface area contributed by atoms with Gasteiger partial charge in [-0.05, 0) is 18.6 Å². The van der Waals surface area contributed by atoms with Gasteiger partial charge in [-0.1, -0.05) is 44.2 Å². The molecule has 0 atom stereocenters. The minimum Gasteiger partial charge on any atom is -0.456 e. The van der Waals surface area contributed by atoms with Crippen LogP contribution >= 0.6 is 11.3 Å². The van der Waals surface area contributed by atoms with Gasteiger partial charge in [0.15, 0.2) is 0 Å². The second-order valence-electron chi connectivity index (χ2n) is 6.40. The van der Waals surface area contributed by atoms with E-state index in [0.29, 0.717) is 22.8 Å². The Morgan fingerprint density at radius 3 is 2.75 bits per heavy atom. The number of hydrogen-bond donors (Lipinski definition) is 1. The van der Waals surface area contributed by atoms with E-state index < -0.39 is 5.97 Å². The Labute approximate surface area is 165 Å². The monoisotopic (exact) mass is 400 g/mol. The number of nitrogens with zero attached hydrogens (tertiary/aromatic N) is 3. The third-order valence-electron chi connectivity index (χ3n) is 3.92. The molecule has 0 aliphatic rings. The topological polar surface area (TPSA) is 103 Å². The number of aromatic nitrogens is 3. The number of benzene rings is 1. The van der Waals surface area contributed by atoms with Crippen molar-refractivity contribution in [1.29, 1.82) is 0 Å². The van der Waals surface area contributed by atoms with Crippen LogP contribution in [0.4, 0.5) is 5.69 Å². The van der Waals surface area contributed by atoms with Crippen molar-refractivity contribution in [3.8, 4) is 0 Å². The van der Waals surface area contributed by atoms with Gasteiger partial charge in [-0.3, -0.25) is 9.59 Å². The minimum atomic E-state index is -0.611. The molecular weight excluding hydrogens is 380 g/mol. The Kier molecular flexibility index (Phi) is 5.84. The van der Waals surface area contributed by atoms with E-state index in [1.807, 2.05) is 6.92 Å². The van der Waals surface area contributed by atoms with Gasteiger partial charge in [0.2, 0.25) is 10.9 Å². The number of esters is 1. The van der Waals surface area contributed by atoms with E-state index in [-0.39, 0.29) is 29.6 Å². The number of carbonyl (C=O) groups excluding carboxylic acids is 2. The molecule has 8 nitrogen and oxygen atoms in total. The SMILES string of the molecule is CCc1nn2c(=O)cc(COC(=O)c3ccccc3NC(=O)C(C)C)nc2s1. The summed E-state index contributed by atoms with van der Waals surface area (Å²) in [7, 11) is 0. The van der Waals surface area contributed by atoms with Crippen LogP contribution in [0.1, 0.15) is 41.8 Å². The fourth-order valence-electron chi connectivity index (χ4n) is 2.38. The van der Waals surface area contributed by atoms with Gasteiger partial charge >= 0.3 is 5.97 Å². The van der Waals surface area contributed by atoms with E-state index in [2.05, 4.69) is 15.4 Å². The molecule has 0 bridgehead atoms. The summed E-state index contributed by atoms with van der Waals surface area (Å²) < 4.78 is 6.56. The molecule has 1 amide bonds. The average Bonchev–Trinajstić information content (AvgIpc) is 3.10. The fraction of sp³-hybridized carbons (Fsp3) is 0.316. The molecule has 0 spiro atoms. The molecule has 28 heavy (non-hydrogen) atoms. The molecule has 0 saturated heterocycles. The fourth-order valence-corrected chi connectivity index (χ4v) is 3.23. The molecule has 0 fully saturated rings. The number of amides is 1. The van der Waals surface area contributed by atoms with Crippen LogP contribution in [0.15, 0.2) is 35.1 Å². The number of rotatable bonds is 6. The molecule has 0 unspecified atom stereocenters. The first-order valence-electron chi connectivity index (χ1n) is 8.84. The summed E-state index contributed by atoms with van der Waals surface area (Å²) in [5.41, 5.74) is 0.634. The Balaban J connectivity index is 1.77. The normalized spacial score (nSPS) is 11.0.